The van der Waals surface area contributed by atoms with E-state index in [0.29, 0.717) is 0 Å². The Hall–Kier alpha value is -4.65. The number of carbonyl (C=O) groups is 6. The van der Waals surface area contributed by atoms with Crippen LogP contribution < -0.4 is 0 Å². The minimum atomic E-state index is -4.95. The van der Waals surface area contributed by atoms with Gasteiger partial charge in [0.25, 0.3) is 0 Å². The summed E-state index contributed by atoms with van der Waals surface area (Å²) in [5.74, 6) is -7.49. The van der Waals surface area contributed by atoms with Gasteiger partial charge in [0.2, 0.25) is 0 Å². The highest BCUT2D eigenvalue weighted by atomic mass is 79.9. The Morgan fingerprint density at radius 1 is 0.855 bits per heavy atom. The van der Waals surface area contributed by atoms with Gasteiger partial charge in [-0.15, -0.1) is 13.2 Å². The van der Waals surface area contributed by atoms with Crippen molar-refractivity contribution in [2.75, 3.05) is 5.33 Å². The fourth-order valence-corrected chi connectivity index (χ4v) is 10.2. The zero-order valence-corrected chi connectivity index (χ0v) is 37.0. The van der Waals surface area contributed by atoms with Gasteiger partial charge in [-0.25, -0.2) is 9.59 Å². The average Bonchev–Trinajstić information content (AvgIpc) is 3.18. The van der Waals surface area contributed by atoms with Crippen molar-refractivity contribution >= 4 is 51.6 Å². The minimum Gasteiger partial charge on any atom is -0.461 e. The number of Topliss-reactive ketones (excluding diaryl/α,β-unsaturated/α-hetero) is 1. The Morgan fingerprint density at radius 3 is 1.94 bits per heavy atom. The van der Waals surface area contributed by atoms with E-state index in [9.17, 15) is 47.4 Å². The van der Waals surface area contributed by atoms with E-state index in [1.54, 1.807) is 25.1 Å². The molecule has 2 aromatic rings. The van der Waals surface area contributed by atoms with Gasteiger partial charge >= 0.3 is 36.2 Å². The van der Waals surface area contributed by atoms with Crippen molar-refractivity contribution in [3.63, 3.8) is 0 Å². The first-order valence-corrected chi connectivity index (χ1v) is 21.0. The van der Waals surface area contributed by atoms with Crippen molar-refractivity contribution in [3.8, 4) is 0 Å². The van der Waals surface area contributed by atoms with Gasteiger partial charge in [0.15, 0.2) is 11.9 Å². The summed E-state index contributed by atoms with van der Waals surface area (Å²) in [4.78, 5) is 82.9. The maximum atomic E-state index is 15.7. The first-order valence-electron chi connectivity index (χ1n) is 19.9. The van der Waals surface area contributed by atoms with Crippen molar-refractivity contribution in [2.24, 2.45) is 16.7 Å². The quantitative estimate of drug-likeness (QED) is 0.108. The average molecular weight is 940 g/mol. The van der Waals surface area contributed by atoms with Gasteiger partial charge in [-0.2, -0.15) is 0 Å². The van der Waals surface area contributed by atoms with Crippen LogP contribution in [0.15, 0.2) is 65.7 Å². The number of rotatable bonds is 11. The van der Waals surface area contributed by atoms with Gasteiger partial charge in [0.1, 0.15) is 35.6 Å². The highest BCUT2D eigenvalue weighted by Crippen LogP contribution is 2.63. The van der Waals surface area contributed by atoms with Crippen LogP contribution in [-0.2, 0) is 47.6 Å². The van der Waals surface area contributed by atoms with Crippen LogP contribution in [0.2, 0.25) is 0 Å². The monoisotopic (exact) mass is 938 g/mol. The van der Waals surface area contributed by atoms with E-state index in [2.05, 4.69) is 20.7 Å². The molecule has 2 aromatic carbocycles. The summed E-state index contributed by atoms with van der Waals surface area (Å²) in [6.45, 7) is 10.6. The Kier molecular flexibility index (Phi) is 13.9. The number of hydrogen-bond acceptors (Lipinski definition) is 14. The van der Waals surface area contributed by atoms with Crippen LogP contribution in [0.1, 0.15) is 107 Å². The number of fused-ring (bicyclic) bond motifs is 3. The smallest absolute Gasteiger partial charge is 0.461 e. The Bertz CT molecular complexity index is 2110. The fourth-order valence-electron chi connectivity index (χ4n) is 9.74. The molecule has 62 heavy (non-hydrogen) atoms. The van der Waals surface area contributed by atoms with Crippen molar-refractivity contribution in [1.29, 1.82) is 0 Å². The van der Waals surface area contributed by atoms with Crippen LogP contribution in [0.4, 0.5) is 13.2 Å². The molecule has 0 aliphatic heterocycles. The largest absolute Gasteiger partial charge is 0.523 e. The fraction of sp³-hybridized carbons (Fsp3) is 0.545. The molecule has 2 saturated carbocycles. The third-order valence-electron chi connectivity index (χ3n) is 12.7. The molecule has 5 rings (SSSR count). The summed E-state index contributed by atoms with van der Waals surface area (Å²) in [6, 6.07) is 12.5. The summed E-state index contributed by atoms with van der Waals surface area (Å²) in [7, 11) is 0. The van der Waals surface area contributed by atoms with Gasteiger partial charge in [-0.1, -0.05) is 67.0 Å². The lowest BCUT2D eigenvalue weighted by molar-refractivity contribution is -0.341. The maximum Gasteiger partial charge on any atom is 0.523 e. The predicted molar refractivity (Wildman–Crippen MR) is 214 cm³/mol. The molecular weight excluding hydrogens is 889 g/mol. The molecule has 10 atom stereocenters. The van der Waals surface area contributed by atoms with E-state index in [1.165, 1.54) is 64.1 Å². The lowest BCUT2D eigenvalue weighted by Gasteiger charge is -2.64. The molecule has 18 heteroatoms. The molecule has 2 bridgehead atoms. The third-order valence-corrected chi connectivity index (χ3v) is 13.3. The zero-order chi connectivity index (χ0) is 46.3. The molecular formula is C44H50BrF3O14. The van der Waals surface area contributed by atoms with Crippen molar-refractivity contribution in [2.45, 2.75) is 129 Å². The number of aliphatic hydroxyl groups is 2. The number of alkyl halides is 4. The normalized spacial score (nSPS) is 31.0. The van der Waals surface area contributed by atoms with Crippen molar-refractivity contribution in [3.05, 3.63) is 82.4 Å². The molecule has 0 aromatic heterocycles. The molecule has 3 aliphatic rings. The lowest BCUT2D eigenvalue weighted by atomic mass is 9.45. The van der Waals surface area contributed by atoms with Crippen LogP contribution in [0.3, 0.4) is 0 Å². The number of ketones is 1. The maximum absolute atomic E-state index is 15.7. The molecule has 3 aliphatic carbocycles. The Labute approximate surface area is 364 Å². The van der Waals surface area contributed by atoms with Crippen LogP contribution in [-0.4, -0.2) is 99.3 Å². The van der Waals surface area contributed by atoms with E-state index in [4.69, 9.17) is 23.7 Å². The van der Waals surface area contributed by atoms with E-state index in [-0.39, 0.29) is 39.6 Å². The number of benzene rings is 2. The SMILES string of the molecule is CC[C@]1(OC(C)=O)[C@H](O)C[C@H](OC(C)=O)[C@@]2(C)C(=O)[C@H](OC(C)=O)C3=C(C)[C@@H](OC(=O)c4ccc(C(CBr)OC(F)(F)F)cc4)C[C@@](O)([C@@H](OC(=O)c4ccccc4)[C@H]12)C3(C)C. The summed E-state index contributed by atoms with van der Waals surface area (Å²) < 4.78 is 73.5. The Balaban J connectivity index is 1.80. The van der Waals surface area contributed by atoms with E-state index < -0.39 is 119 Å². The van der Waals surface area contributed by atoms with Crippen LogP contribution in [0.5, 0.6) is 0 Å². The highest BCUT2D eigenvalue weighted by Gasteiger charge is 2.76. The molecule has 2 N–H and O–H groups in total. The summed E-state index contributed by atoms with van der Waals surface area (Å²) in [5.41, 5.74) is -8.52. The molecule has 1 unspecified atom stereocenters. The number of hydrogen-bond donors (Lipinski definition) is 2. The number of carbonyl (C=O) groups excluding carboxylic acids is 6. The second-order valence-electron chi connectivity index (χ2n) is 16.6. The predicted octanol–water partition coefficient (Wildman–Crippen LogP) is 6.43. The molecule has 0 saturated heterocycles. The summed E-state index contributed by atoms with van der Waals surface area (Å²) >= 11 is 3.00. The lowest BCUT2D eigenvalue weighted by Crippen LogP contribution is -2.78. The number of aliphatic hydroxyl groups excluding tert-OH is 1. The van der Waals surface area contributed by atoms with Gasteiger partial charge in [0, 0.05) is 44.4 Å². The van der Waals surface area contributed by atoms with Crippen LogP contribution in [0, 0.1) is 16.7 Å². The molecule has 14 nitrogen and oxygen atoms in total. The van der Waals surface area contributed by atoms with E-state index in [0.717, 1.165) is 20.8 Å². The van der Waals surface area contributed by atoms with Crippen molar-refractivity contribution < 1.29 is 80.6 Å². The zero-order valence-electron chi connectivity index (χ0n) is 35.4. The molecule has 0 heterocycles. The molecule has 0 spiro atoms. The second-order valence-corrected chi connectivity index (χ2v) is 17.3. The number of ether oxygens (including phenoxy) is 6. The van der Waals surface area contributed by atoms with Crippen LogP contribution in [0.25, 0.3) is 0 Å². The molecule has 0 radical (unpaired) electrons. The second kappa shape index (κ2) is 17.8. The number of esters is 5. The van der Waals surface area contributed by atoms with Gasteiger partial charge in [-0.05, 0) is 61.2 Å². The third kappa shape index (κ3) is 8.79. The van der Waals surface area contributed by atoms with E-state index >= 15 is 4.79 Å². The first kappa shape index (κ1) is 48.4. The minimum absolute atomic E-state index is 0.00113. The topological polar surface area (TPSA) is 198 Å². The van der Waals surface area contributed by atoms with Gasteiger partial charge in [-0.3, -0.25) is 23.9 Å². The van der Waals surface area contributed by atoms with E-state index in [1.807, 2.05) is 0 Å². The highest BCUT2D eigenvalue weighted by molar-refractivity contribution is 9.09. The molecule has 2 fully saturated rings. The molecule has 338 valence electrons. The molecule has 0 amide bonds. The van der Waals surface area contributed by atoms with Gasteiger partial charge < -0.3 is 33.9 Å². The van der Waals surface area contributed by atoms with Gasteiger partial charge in [0.05, 0.1) is 28.6 Å². The van der Waals surface area contributed by atoms with Crippen molar-refractivity contribution in [1.82, 2.24) is 0 Å². The summed E-state index contributed by atoms with van der Waals surface area (Å²) in [5, 5.41) is 25.6. The first-order chi connectivity index (χ1) is 28.8. The van der Waals surface area contributed by atoms with Crippen LogP contribution >= 0.6 is 15.9 Å². The number of halogens is 4. The Morgan fingerprint density at radius 2 is 1.42 bits per heavy atom. The summed E-state index contributed by atoms with van der Waals surface area (Å²) in [6.07, 6.45) is -16.3. The standard InChI is InChI=1S/C44H50BrF3O14/c1-9-42(61-25(5)51)31(52)19-32(57-23(3)49)41(8)35(42)37(60-39(55)27-13-11-10-12-14-27)43(56)20-29(22(2)33(40(43,6)7)34(36(41)53)58-24(4)50)59-38(54)28-17-15-26(16-18-28)30(21-45)62-44(46,47)48/h10-18,29-32,34-35,37,52,56H,9,19-21H2,1-8H3/t29-,30?,31+,32-,34+,35-,37-,41+,42-,43+/m0/s1.